The number of hydrogen-bond acceptors (Lipinski definition) is 1. The van der Waals surface area contributed by atoms with Crippen LogP contribution in [0.5, 0.6) is 0 Å². The first-order valence-corrected chi connectivity index (χ1v) is 9.63. The van der Waals surface area contributed by atoms with Crippen LogP contribution in [0.1, 0.15) is 90.9 Å². The van der Waals surface area contributed by atoms with Crippen molar-refractivity contribution in [3.05, 3.63) is 0 Å². The van der Waals surface area contributed by atoms with Crippen molar-refractivity contribution in [2.24, 2.45) is 17.8 Å². The zero-order valence-electron chi connectivity index (χ0n) is 13.7. The summed E-state index contributed by atoms with van der Waals surface area (Å²) in [6.07, 6.45) is 16.8. The van der Waals surface area contributed by atoms with Crippen molar-refractivity contribution >= 4 is 9.47 Å². The van der Waals surface area contributed by atoms with Crippen molar-refractivity contribution in [2.75, 3.05) is 0 Å². The molecule has 0 N–H and O–H groups in total. The van der Waals surface area contributed by atoms with Crippen LogP contribution in [0, 0.1) is 17.8 Å². The monoisotopic (exact) mass is 298 g/mol. The summed E-state index contributed by atoms with van der Waals surface area (Å²) in [5.74, 6) is 2.48. The Balaban J connectivity index is 2.18. The van der Waals surface area contributed by atoms with Gasteiger partial charge in [0.1, 0.15) is 0 Å². The molecule has 20 heavy (non-hydrogen) atoms. The van der Waals surface area contributed by atoms with Gasteiger partial charge in [0.15, 0.2) is 0 Å². The van der Waals surface area contributed by atoms with Crippen LogP contribution in [0.3, 0.4) is 0 Å². The fourth-order valence-corrected chi connectivity index (χ4v) is 5.86. The van der Waals surface area contributed by atoms with E-state index in [1.165, 1.54) is 77.0 Å². The van der Waals surface area contributed by atoms with Gasteiger partial charge in [-0.05, 0) is 37.0 Å². The quantitative estimate of drug-likeness (QED) is 0.536. The van der Waals surface area contributed by atoms with Gasteiger partial charge < -0.3 is 4.52 Å². The third-order valence-electron chi connectivity index (χ3n) is 6.35. The maximum atomic E-state index is 6.25. The average molecular weight is 298 g/mol. The van der Waals surface area contributed by atoms with E-state index < -0.39 is 0 Å². The average Bonchev–Trinajstić information content (AvgIpc) is 2.54. The third-order valence-corrected chi connectivity index (χ3v) is 6.79. The Labute approximate surface area is 128 Å². The summed E-state index contributed by atoms with van der Waals surface area (Å²) in [5.41, 5.74) is 0.141. The molecule has 0 bridgehead atoms. The lowest BCUT2D eigenvalue weighted by molar-refractivity contribution is -0.0760. The highest BCUT2D eigenvalue weighted by molar-refractivity contribution is 7.09. The molecule has 0 radical (unpaired) electrons. The minimum absolute atomic E-state index is 0.141. The van der Waals surface area contributed by atoms with Crippen LogP contribution >= 0.6 is 9.47 Å². The zero-order valence-corrected chi connectivity index (χ0v) is 14.9. The van der Waals surface area contributed by atoms with Gasteiger partial charge in [0.2, 0.25) is 0 Å². The second-order valence-corrected chi connectivity index (χ2v) is 7.41. The highest BCUT2D eigenvalue weighted by Gasteiger charge is 2.46. The topological polar surface area (TPSA) is 9.23 Å². The van der Waals surface area contributed by atoms with E-state index in [1.807, 2.05) is 0 Å². The predicted octanol–water partition coefficient (Wildman–Crippen LogP) is 6.13. The van der Waals surface area contributed by atoms with E-state index in [4.69, 9.17) is 4.52 Å². The van der Waals surface area contributed by atoms with E-state index in [1.54, 1.807) is 0 Å². The Morgan fingerprint density at radius 1 is 0.950 bits per heavy atom. The molecule has 2 aliphatic carbocycles. The number of hydrogen-bond donors (Lipinski definition) is 0. The maximum Gasteiger partial charge on any atom is 0.0774 e. The molecule has 2 heteroatoms. The molecular formula is C18H35OP. The highest BCUT2D eigenvalue weighted by atomic mass is 31.0. The molecular weight excluding hydrogens is 263 g/mol. The van der Waals surface area contributed by atoms with Crippen molar-refractivity contribution in [3.63, 3.8) is 0 Å². The second-order valence-electron chi connectivity index (χ2n) is 7.17. The Kier molecular flexibility index (Phi) is 6.82. The lowest BCUT2D eigenvalue weighted by Gasteiger charge is -2.49. The molecule has 1 nitrogen and oxygen atoms in total. The lowest BCUT2D eigenvalue weighted by Crippen LogP contribution is -2.49. The van der Waals surface area contributed by atoms with Gasteiger partial charge in [-0.15, -0.1) is 0 Å². The largest absolute Gasteiger partial charge is 0.359 e. The van der Waals surface area contributed by atoms with E-state index in [0.717, 1.165) is 17.8 Å². The van der Waals surface area contributed by atoms with E-state index in [2.05, 4.69) is 23.3 Å². The van der Waals surface area contributed by atoms with Gasteiger partial charge in [0.25, 0.3) is 0 Å². The van der Waals surface area contributed by atoms with Crippen molar-refractivity contribution in [1.29, 1.82) is 0 Å². The molecule has 0 heterocycles. The maximum absolute atomic E-state index is 6.25. The SMILES string of the molecule is CCC(C1CCCCC1)C(CC)(OP)C1CCCCC1. The fraction of sp³-hybridized carbons (Fsp3) is 1.00. The Hall–Kier alpha value is 0.390. The van der Waals surface area contributed by atoms with Crippen LogP contribution in [0.2, 0.25) is 0 Å². The summed E-state index contributed by atoms with van der Waals surface area (Å²) in [6, 6.07) is 0. The summed E-state index contributed by atoms with van der Waals surface area (Å²) >= 11 is 0. The smallest absolute Gasteiger partial charge is 0.0774 e. The molecule has 0 aromatic rings. The minimum Gasteiger partial charge on any atom is -0.359 e. The Bertz CT molecular complexity index is 263. The molecule has 2 saturated carbocycles. The van der Waals surface area contributed by atoms with Gasteiger partial charge in [-0.3, -0.25) is 0 Å². The van der Waals surface area contributed by atoms with Gasteiger partial charge in [0, 0.05) is 9.47 Å². The molecule has 2 rings (SSSR count). The molecule has 118 valence electrons. The normalized spacial score (nSPS) is 27.1. The molecule has 3 unspecified atom stereocenters. The van der Waals surface area contributed by atoms with Crippen LogP contribution in [0.4, 0.5) is 0 Å². The Morgan fingerprint density at radius 2 is 1.50 bits per heavy atom. The molecule has 2 aliphatic rings. The first-order valence-electron chi connectivity index (χ1n) is 9.16. The highest BCUT2D eigenvalue weighted by Crippen LogP contribution is 2.49. The third kappa shape index (κ3) is 3.41. The first kappa shape index (κ1) is 16.8. The number of rotatable bonds is 6. The molecule has 0 aromatic heterocycles. The van der Waals surface area contributed by atoms with E-state index >= 15 is 0 Å². The van der Waals surface area contributed by atoms with E-state index in [9.17, 15) is 0 Å². The second kappa shape index (κ2) is 8.14. The van der Waals surface area contributed by atoms with Gasteiger partial charge in [0.05, 0.1) is 5.60 Å². The summed E-state index contributed by atoms with van der Waals surface area (Å²) in [6.45, 7) is 4.76. The molecule has 2 fully saturated rings. The summed E-state index contributed by atoms with van der Waals surface area (Å²) < 4.78 is 6.25. The van der Waals surface area contributed by atoms with Crippen LogP contribution in [-0.2, 0) is 4.52 Å². The minimum atomic E-state index is 0.141. The van der Waals surface area contributed by atoms with Gasteiger partial charge in [-0.25, -0.2) is 0 Å². The zero-order chi connectivity index (χ0) is 14.4. The molecule has 0 amide bonds. The standard InChI is InChI=1S/C18H35OP/c1-3-17(15-11-7-5-8-12-15)18(4-2,19-20)16-13-9-6-10-14-16/h15-17H,3-14,20H2,1-2H3. The van der Waals surface area contributed by atoms with Crippen molar-refractivity contribution in [2.45, 2.75) is 96.5 Å². The molecule has 3 atom stereocenters. The summed E-state index contributed by atoms with van der Waals surface area (Å²) in [5, 5.41) is 0. The predicted molar refractivity (Wildman–Crippen MR) is 90.7 cm³/mol. The van der Waals surface area contributed by atoms with Crippen molar-refractivity contribution < 1.29 is 4.52 Å². The molecule has 0 aliphatic heterocycles. The van der Waals surface area contributed by atoms with Crippen LogP contribution < -0.4 is 0 Å². The van der Waals surface area contributed by atoms with Gasteiger partial charge in [-0.1, -0.05) is 71.6 Å². The molecule has 0 aromatic carbocycles. The molecule has 0 saturated heterocycles. The van der Waals surface area contributed by atoms with Crippen LogP contribution in [0.25, 0.3) is 0 Å². The molecule has 0 spiro atoms. The first-order chi connectivity index (χ1) is 9.78. The van der Waals surface area contributed by atoms with Crippen molar-refractivity contribution in [3.8, 4) is 0 Å². The van der Waals surface area contributed by atoms with Gasteiger partial charge >= 0.3 is 0 Å². The van der Waals surface area contributed by atoms with Gasteiger partial charge in [-0.2, -0.15) is 0 Å². The van der Waals surface area contributed by atoms with Crippen LogP contribution in [-0.4, -0.2) is 5.60 Å². The van der Waals surface area contributed by atoms with Crippen molar-refractivity contribution in [1.82, 2.24) is 0 Å². The van der Waals surface area contributed by atoms with E-state index in [0.29, 0.717) is 0 Å². The van der Waals surface area contributed by atoms with Crippen LogP contribution in [0.15, 0.2) is 0 Å². The Morgan fingerprint density at radius 3 is 1.95 bits per heavy atom. The lowest BCUT2D eigenvalue weighted by atomic mass is 9.62. The fourth-order valence-electron chi connectivity index (χ4n) is 5.33. The summed E-state index contributed by atoms with van der Waals surface area (Å²) in [7, 11) is 2.66. The summed E-state index contributed by atoms with van der Waals surface area (Å²) in [4.78, 5) is 0. The van der Waals surface area contributed by atoms with E-state index in [-0.39, 0.29) is 5.60 Å².